The van der Waals surface area contributed by atoms with Crippen molar-refractivity contribution >= 4 is 35.0 Å². The van der Waals surface area contributed by atoms with Crippen molar-refractivity contribution in [3.63, 3.8) is 0 Å². The van der Waals surface area contributed by atoms with Gasteiger partial charge in [0.1, 0.15) is 0 Å². The first-order valence-corrected chi connectivity index (χ1v) is 10.3. The molecule has 0 spiro atoms. The van der Waals surface area contributed by atoms with Crippen LogP contribution < -0.4 is 14.4 Å². The number of anilines is 2. The van der Waals surface area contributed by atoms with Crippen LogP contribution in [0.1, 0.15) is 10.4 Å². The molecule has 0 saturated carbocycles. The van der Waals surface area contributed by atoms with Crippen LogP contribution in [-0.4, -0.2) is 32.2 Å². The van der Waals surface area contributed by atoms with E-state index < -0.39 is 25.1 Å². The second-order valence-electron chi connectivity index (χ2n) is 6.59. The number of halogens is 2. The molecule has 1 heterocycles. The van der Waals surface area contributed by atoms with Gasteiger partial charge in [0.2, 0.25) is 0 Å². The topological polar surface area (TPSA) is 65.1 Å². The molecule has 3 aromatic carbocycles. The first-order valence-electron chi connectivity index (χ1n) is 9.47. The summed E-state index contributed by atoms with van der Waals surface area (Å²) < 4.78 is 39.5. The maximum Gasteiger partial charge on any atom is 0.387 e. The zero-order chi connectivity index (χ0) is 22.7. The van der Waals surface area contributed by atoms with Crippen LogP contribution in [0.15, 0.2) is 76.5 Å². The molecule has 9 heteroatoms. The van der Waals surface area contributed by atoms with Crippen molar-refractivity contribution in [3.05, 3.63) is 72.3 Å². The SMILES string of the molecule is COc1cc(C(=O)OCC(=O)N2c3ccccc3Sc3ccccc32)ccc1OC(F)F. The fourth-order valence-corrected chi connectivity index (χ4v) is 4.29. The van der Waals surface area contributed by atoms with E-state index >= 15 is 0 Å². The lowest BCUT2D eigenvalue weighted by Gasteiger charge is -2.30. The van der Waals surface area contributed by atoms with Crippen molar-refractivity contribution in [1.29, 1.82) is 0 Å². The lowest BCUT2D eigenvalue weighted by atomic mass is 10.2. The number of hydrogen-bond acceptors (Lipinski definition) is 6. The van der Waals surface area contributed by atoms with E-state index in [0.717, 1.165) is 9.79 Å². The number of alkyl halides is 2. The number of carbonyl (C=O) groups is 2. The Morgan fingerprint density at radius 1 is 0.938 bits per heavy atom. The van der Waals surface area contributed by atoms with Crippen molar-refractivity contribution in [2.24, 2.45) is 0 Å². The predicted molar refractivity (Wildman–Crippen MR) is 114 cm³/mol. The number of rotatable bonds is 6. The van der Waals surface area contributed by atoms with Crippen LogP contribution in [0.5, 0.6) is 11.5 Å². The number of carbonyl (C=O) groups excluding carboxylic acids is 2. The van der Waals surface area contributed by atoms with Crippen molar-refractivity contribution in [1.82, 2.24) is 0 Å². The molecule has 0 N–H and O–H groups in total. The molecule has 0 unspecified atom stereocenters. The standard InChI is InChI=1S/C23H17F2NO5S/c1-29-18-12-14(10-11-17(18)31-23(24)25)22(28)30-13-21(27)26-15-6-2-4-8-19(15)32-20-9-5-3-7-16(20)26/h2-12,23H,13H2,1H3. The Morgan fingerprint density at radius 3 is 2.16 bits per heavy atom. The van der Waals surface area contributed by atoms with Crippen LogP contribution in [0.4, 0.5) is 20.2 Å². The van der Waals surface area contributed by atoms with E-state index in [1.165, 1.54) is 30.2 Å². The maximum atomic E-state index is 13.1. The fraction of sp³-hybridized carbons (Fsp3) is 0.130. The summed E-state index contributed by atoms with van der Waals surface area (Å²) in [7, 11) is 1.26. The summed E-state index contributed by atoms with van der Waals surface area (Å²) in [4.78, 5) is 28.9. The third-order valence-corrected chi connectivity index (χ3v) is 5.75. The molecule has 0 bridgehead atoms. The van der Waals surface area contributed by atoms with Gasteiger partial charge in [0.25, 0.3) is 5.91 Å². The van der Waals surface area contributed by atoms with Gasteiger partial charge in [-0.15, -0.1) is 0 Å². The average molecular weight is 457 g/mol. The quantitative estimate of drug-likeness (QED) is 0.469. The third kappa shape index (κ3) is 4.38. The van der Waals surface area contributed by atoms with E-state index in [1.807, 2.05) is 48.5 Å². The number of fused-ring (bicyclic) bond motifs is 2. The second kappa shape index (κ2) is 9.27. The first-order chi connectivity index (χ1) is 15.5. The van der Waals surface area contributed by atoms with Crippen molar-refractivity contribution in [2.75, 3.05) is 18.6 Å². The lowest BCUT2D eigenvalue weighted by Crippen LogP contribution is -2.32. The summed E-state index contributed by atoms with van der Waals surface area (Å²) in [6.45, 7) is -3.54. The number of benzene rings is 3. The molecular weight excluding hydrogens is 440 g/mol. The van der Waals surface area contributed by atoms with E-state index in [2.05, 4.69) is 4.74 Å². The number of hydrogen-bond donors (Lipinski definition) is 0. The Kier molecular flexibility index (Phi) is 6.27. The molecular formula is C23H17F2NO5S. The zero-order valence-electron chi connectivity index (χ0n) is 16.8. The van der Waals surface area contributed by atoms with Gasteiger partial charge in [-0.1, -0.05) is 36.0 Å². The van der Waals surface area contributed by atoms with Crippen molar-refractivity contribution in [3.8, 4) is 11.5 Å². The summed E-state index contributed by atoms with van der Waals surface area (Å²) in [5.41, 5.74) is 1.44. The largest absolute Gasteiger partial charge is 0.493 e. The number of para-hydroxylation sites is 2. The molecule has 164 valence electrons. The van der Waals surface area contributed by atoms with Gasteiger partial charge in [-0.25, -0.2) is 4.79 Å². The van der Waals surface area contributed by atoms with Crippen LogP contribution >= 0.6 is 11.8 Å². The van der Waals surface area contributed by atoms with Crippen molar-refractivity contribution < 1.29 is 32.6 Å². The molecule has 6 nitrogen and oxygen atoms in total. The zero-order valence-corrected chi connectivity index (χ0v) is 17.6. The predicted octanol–water partition coefficient (Wildman–Crippen LogP) is 5.28. The van der Waals surface area contributed by atoms with Gasteiger partial charge < -0.3 is 14.2 Å². The van der Waals surface area contributed by atoms with Gasteiger partial charge in [-0.3, -0.25) is 9.69 Å². The van der Waals surface area contributed by atoms with Gasteiger partial charge in [0.05, 0.1) is 24.0 Å². The highest BCUT2D eigenvalue weighted by Crippen LogP contribution is 2.47. The Labute approximate surface area is 186 Å². The number of esters is 1. The molecule has 0 aliphatic carbocycles. The van der Waals surface area contributed by atoms with E-state index in [4.69, 9.17) is 9.47 Å². The Morgan fingerprint density at radius 2 is 1.56 bits per heavy atom. The van der Waals surface area contributed by atoms with Crippen LogP contribution in [0.3, 0.4) is 0 Å². The highest BCUT2D eigenvalue weighted by Gasteiger charge is 2.28. The minimum atomic E-state index is -3.03. The van der Waals surface area contributed by atoms with Gasteiger partial charge in [0, 0.05) is 9.79 Å². The molecule has 3 aromatic rings. The smallest absolute Gasteiger partial charge is 0.387 e. The summed E-state index contributed by atoms with van der Waals surface area (Å²) in [5.74, 6) is -1.49. The summed E-state index contributed by atoms with van der Waals surface area (Å²) in [6.07, 6.45) is 0. The number of ether oxygens (including phenoxy) is 3. The minimum Gasteiger partial charge on any atom is -0.493 e. The summed E-state index contributed by atoms with van der Waals surface area (Å²) in [6, 6.07) is 18.6. The highest BCUT2D eigenvalue weighted by molar-refractivity contribution is 7.99. The first kappa shape index (κ1) is 21.6. The van der Waals surface area contributed by atoms with Crippen molar-refractivity contribution in [2.45, 2.75) is 16.4 Å². The monoisotopic (exact) mass is 457 g/mol. The Bertz CT molecular complexity index is 1130. The Balaban J connectivity index is 1.52. The molecule has 1 aliphatic heterocycles. The molecule has 4 rings (SSSR count). The van der Waals surface area contributed by atoms with E-state index in [9.17, 15) is 18.4 Å². The highest BCUT2D eigenvalue weighted by atomic mass is 32.2. The number of methoxy groups -OCH3 is 1. The van der Waals surface area contributed by atoms with Crippen LogP contribution in [0.2, 0.25) is 0 Å². The van der Waals surface area contributed by atoms with Crippen LogP contribution in [0, 0.1) is 0 Å². The second-order valence-corrected chi connectivity index (χ2v) is 7.67. The van der Waals surface area contributed by atoms with Gasteiger partial charge in [-0.05, 0) is 42.5 Å². The molecule has 1 amide bonds. The maximum absolute atomic E-state index is 13.1. The molecule has 0 fully saturated rings. The third-order valence-electron chi connectivity index (χ3n) is 4.62. The number of amides is 1. The number of nitrogens with zero attached hydrogens (tertiary/aromatic N) is 1. The average Bonchev–Trinajstić information content (AvgIpc) is 2.80. The normalized spacial score (nSPS) is 12.1. The van der Waals surface area contributed by atoms with E-state index in [-0.39, 0.29) is 17.1 Å². The Hall–Kier alpha value is -3.59. The molecule has 32 heavy (non-hydrogen) atoms. The molecule has 0 saturated heterocycles. The molecule has 1 aliphatic rings. The summed E-state index contributed by atoms with van der Waals surface area (Å²) >= 11 is 1.55. The molecule has 0 radical (unpaired) electrons. The summed E-state index contributed by atoms with van der Waals surface area (Å²) in [5, 5.41) is 0. The van der Waals surface area contributed by atoms with Crippen LogP contribution in [0.25, 0.3) is 0 Å². The molecule has 0 atom stereocenters. The van der Waals surface area contributed by atoms with E-state index in [0.29, 0.717) is 11.4 Å². The fourth-order valence-electron chi connectivity index (χ4n) is 3.24. The van der Waals surface area contributed by atoms with Gasteiger partial charge >= 0.3 is 12.6 Å². The van der Waals surface area contributed by atoms with E-state index in [1.54, 1.807) is 11.8 Å². The van der Waals surface area contributed by atoms with Gasteiger partial charge in [-0.2, -0.15) is 8.78 Å². The van der Waals surface area contributed by atoms with Crippen LogP contribution in [-0.2, 0) is 9.53 Å². The molecule has 0 aromatic heterocycles. The minimum absolute atomic E-state index is 0.0336. The van der Waals surface area contributed by atoms with Gasteiger partial charge in [0.15, 0.2) is 18.1 Å². The lowest BCUT2D eigenvalue weighted by molar-refractivity contribution is -0.121.